The van der Waals surface area contributed by atoms with E-state index in [1.54, 1.807) is 11.8 Å². The predicted octanol–water partition coefficient (Wildman–Crippen LogP) is 2.08. The van der Waals surface area contributed by atoms with Crippen LogP contribution in [0.25, 0.3) is 0 Å². The van der Waals surface area contributed by atoms with Gasteiger partial charge in [-0.15, -0.1) is 0 Å². The Morgan fingerprint density at radius 3 is 2.30 bits per heavy atom. The number of thioether (sulfide) groups is 1. The van der Waals surface area contributed by atoms with Crippen LogP contribution in [0, 0.1) is 0 Å². The van der Waals surface area contributed by atoms with Crippen LogP contribution in [-0.2, 0) is 5.32 Å². The normalized spacial score (nSPS) is 9.80. The van der Waals surface area contributed by atoms with Crippen molar-refractivity contribution in [3.63, 3.8) is 0 Å². The molecule has 0 N–H and O–H groups in total. The van der Waals surface area contributed by atoms with Gasteiger partial charge < -0.3 is 0 Å². The van der Waals surface area contributed by atoms with Gasteiger partial charge in [0.05, 0.1) is 0 Å². The predicted molar refractivity (Wildman–Crippen MR) is 47.7 cm³/mol. The Bertz CT molecular complexity index is 170. The van der Waals surface area contributed by atoms with E-state index in [-0.39, 0.29) is 0 Å². The van der Waals surface area contributed by atoms with Gasteiger partial charge >= 0.3 is 74.1 Å². The van der Waals surface area contributed by atoms with Crippen molar-refractivity contribution in [1.82, 2.24) is 0 Å². The van der Waals surface area contributed by atoms with Crippen LogP contribution in [0.2, 0.25) is 0 Å². The van der Waals surface area contributed by atoms with Gasteiger partial charge in [-0.2, -0.15) is 0 Å². The summed E-state index contributed by atoms with van der Waals surface area (Å²) in [5.41, 5.74) is 1.36. The average molecular weight is 216 g/mol. The molecule has 0 saturated heterocycles. The molecule has 0 amide bonds. The van der Waals surface area contributed by atoms with Crippen molar-refractivity contribution < 1.29 is 0 Å². The van der Waals surface area contributed by atoms with E-state index in [0.29, 0.717) is 0 Å². The molecule has 1 aromatic carbocycles. The quantitative estimate of drug-likeness (QED) is 0.538. The van der Waals surface area contributed by atoms with Crippen molar-refractivity contribution in [3.05, 3.63) is 29.8 Å². The van der Waals surface area contributed by atoms with Gasteiger partial charge in [0.1, 0.15) is 0 Å². The van der Waals surface area contributed by atoms with E-state index in [4.69, 9.17) is 0 Å². The van der Waals surface area contributed by atoms with Crippen LogP contribution in [-0.4, -0.2) is 22.3 Å². The minimum absolute atomic E-state index is 1.01. The van der Waals surface area contributed by atoms with E-state index in [9.17, 15) is 0 Å². The molecule has 1 rings (SSSR count). The van der Waals surface area contributed by atoms with Gasteiger partial charge in [-0.1, -0.05) is 0 Å². The van der Waals surface area contributed by atoms with E-state index in [0.717, 1.165) is 5.32 Å². The molecule has 0 aromatic heterocycles. The molecule has 0 spiro atoms. The molecule has 0 nitrogen and oxygen atoms in total. The second-order valence-corrected chi connectivity index (χ2v) is 3.48. The molecule has 0 fully saturated rings. The first-order valence-electron chi connectivity index (χ1n) is 3.08. The summed E-state index contributed by atoms with van der Waals surface area (Å²) in [4.78, 5) is 1.33. The topological polar surface area (TPSA) is 0 Å². The van der Waals surface area contributed by atoms with Crippen molar-refractivity contribution in [2.24, 2.45) is 0 Å². The maximum atomic E-state index is 2.99. The summed E-state index contributed by atoms with van der Waals surface area (Å²) in [6.45, 7) is 0. The van der Waals surface area contributed by atoms with E-state index in [2.05, 4.69) is 46.5 Å². The zero-order chi connectivity index (χ0) is 7.40. The van der Waals surface area contributed by atoms with Crippen molar-refractivity contribution in [2.45, 2.75) is 10.2 Å². The summed E-state index contributed by atoms with van der Waals surface area (Å²) in [6.07, 6.45) is 2.09. The first kappa shape index (κ1) is 8.19. The molecule has 0 aliphatic carbocycles. The standard InChI is InChI=1S/C8H9SSe/c1-9-8-4-2-7(6-10)3-5-8/h2-5H,6H2,1H3. The van der Waals surface area contributed by atoms with E-state index in [1.165, 1.54) is 10.5 Å². The SMILES string of the molecule is CSc1ccc(C[Se])cc1. The second-order valence-electron chi connectivity index (χ2n) is 1.99. The summed E-state index contributed by atoms with van der Waals surface area (Å²) >= 11 is 4.77. The fourth-order valence-corrected chi connectivity index (χ4v) is 1.53. The van der Waals surface area contributed by atoms with Gasteiger partial charge in [0.15, 0.2) is 0 Å². The molecule has 0 atom stereocenters. The molecule has 10 heavy (non-hydrogen) atoms. The molecular weight excluding hydrogens is 207 g/mol. The van der Waals surface area contributed by atoms with Crippen molar-refractivity contribution in [2.75, 3.05) is 6.26 Å². The first-order valence-corrected chi connectivity index (χ1v) is 5.51. The monoisotopic (exact) mass is 217 g/mol. The minimum atomic E-state index is 1.01. The van der Waals surface area contributed by atoms with Crippen LogP contribution in [0.1, 0.15) is 5.56 Å². The second kappa shape index (κ2) is 4.07. The Kier molecular flexibility index (Phi) is 3.33. The summed E-state index contributed by atoms with van der Waals surface area (Å²) < 4.78 is 0. The van der Waals surface area contributed by atoms with Crippen molar-refractivity contribution in [1.29, 1.82) is 0 Å². The molecule has 0 bridgehead atoms. The van der Waals surface area contributed by atoms with Crippen molar-refractivity contribution in [3.8, 4) is 0 Å². The Labute approximate surface area is 74.2 Å². The van der Waals surface area contributed by atoms with Gasteiger partial charge in [-0.3, -0.25) is 0 Å². The van der Waals surface area contributed by atoms with Crippen LogP contribution >= 0.6 is 11.8 Å². The number of hydrogen-bond acceptors (Lipinski definition) is 1. The summed E-state index contributed by atoms with van der Waals surface area (Å²) in [7, 11) is 0. The van der Waals surface area contributed by atoms with Crippen molar-refractivity contribution >= 4 is 27.8 Å². The molecule has 2 heteroatoms. The van der Waals surface area contributed by atoms with Gasteiger partial charge in [0.25, 0.3) is 0 Å². The summed E-state index contributed by atoms with van der Waals surface area (Å²) in [5.74, 6) is 0. The van der Waals surface area contributed by atoms with Crippen LogP contribution in [0.4, 0.5) is 0 Å². The number of hydrogen-bond donors (Lipinski definition) is 0. The first-order chi connectivity index (χ1) is 4.86. The molecule has 0 aliphatic heterocycles. The van der Waals surface area contributed by atoms with Crippen LogP contribution in [0.15, 0.2) is 29.2 Å². The fourth-order valence-electron chi connectivity index (χ4n) is 0.722. The van der Waals surface area contributed by atoms with E-state index in [1.807, 2.05) is 0 Å². The zero-order valence-electron chi connectivity index (χ0n) is 5.83. The molecule has 53 valence electrons. The van der Waals surface area contributed by atoms with E-state index < -0.39 is 0 Å². The molecule has 0 unspecified atom stereocenters. The molecule has 1 radical (unpaired) electrons. The molecule has 0 heterocycles. The van der Waals surface area contributed by atoms with Gasteiger partial charge in [-0.25, -0.2) is 0 Å². The maximum absolute atomic E-state index is 2.99. The summed E-state index contributed by atoms with van der Waals surface area (Å²) in [5, 5.41) is 1.01. The number of benzene rings is 1. The van der Waals surface area contributed by atoms with Crippen LogP contribution in [0.3, 0.4) is 0 Å². The zero-order valence-corrected chi connectivity index (χ0v) is 8.36. The Morgan fingerprint density at radius 2 is 1.90 bits per heavy atom. The van der Waals surface area contributed by atoms with Gasteiger partial charge in [-0.05, 0) is 0 Å². The fraction of sp³-hybridized carbons (Fsp3) is 0.250. The van der Waals surface area contributed by atoms with Crippen LogP contribution in [0.5, 0.6) is 0 Å². The third-order valence-corrected chi connectivity index (χ3v) is 2.77. The molecular formula is C8H9SSe. The third-order valence-electron chi connectivity index (χ3n) is 1.33. The van der Waals surface area contributed by atoms with Gasteiger partial charge in [0, 0.05) is 0 Å². The average Bonchev–Trinajstić information content (AvgIpc) is 2.05. The Morgan fingerprint density at radius 1 is 1.30 bits per heavy atom. The van der Waals surface area contributed by atoms with E-state index >= 15 is 0 Å². The molecule has 0 aliphatic rings. The Balaban J connectivity index is 2.80. The molecule has 0 saturated carbocycles. The van der Waals surface area contributed by atoms with Crippen LogP contribution < -0.4 is 0 Å². The molecule has 1 aromatic rings. The summed E-state index contributed by atoms with van der Waals surface area (Å²) in [6, 6.07) is 8.61. The Hall–Kier alpha value is 0.0895. The van der Waals surface area contributed by atoms with Gasteiger partial charge in [0.2, 0.25) is 0 Å². The number of rotatable bonds is 2. The third kappa shape index (κ3) is 2.05.